The normalized spacial score (nSPS) is 12.6. The Hall–Kier alpha value is -4.45. The van der Waals surface area contributed by atoms with Crippen molar-refractivity contribution in [3.63, 3.8) is 0 Å². The molecule has 4 aromatic rings. The lowest BCUT2D eigenvalue weighted by molar-refractivity contribution is 0.0980. The van der Waals surface area contributed by atoms with Crippen LogP contribution in [0.3, 0.4) is 0 Å². The number of benzene rings is 2. The van der Waals surface area contributed by atoms with Gasteiger partial charge in [-0.15, -0.1) is 0 Å². The predicted molar refractivity (Wildman–Crippen MR) is 141 cm³/mol. The summed E-state index contributed by atoms with van der Waals surface area (Å²) in [6, 6.07) is 20.6. The second-order valence-electron chi connectivity index (χ2n) is 8.78. The third-order valence-corrected chi connectivity index (χ3v) is 6.20. The number of Topliss-reactive ketones (excluding diaryl/α,β-unsaturated/α-hetero) is 1. The van der Waals surface area contributed by atoms with Crippen molar-refractivity contribution in [2.75, 3.05) is 0 Å². The van der Waals surface area contributed by atoms with Gasteiger partial charge >= 0.3 is 0 Å². The van der Waals surface area contributed by atoms with Gasteiger partial charge in [-0.05, 0) is 67.5 Å². The Morgan fingerprint density at radius 3 is 2.64 bits per heavy atom. The van der Waals surface area contributed by atoms with Crippen molar-refractivity contribution in [3.8, 4) is 0 Å². The van der Waals surface area contributed by atoms with E-state index < -0.39 is 0 Å². The summed E-state index contributed by atoms with van der Waals surface area (Å²) in [6.45, 7) is 5.01. The molecule has 0 fully saturated rings. The number of carbonyl (C=O) groups is 2. The average molecular weight is 475 g/mol. The number of carbonyl (C=O) groups excluding carboxylic acids is 2. The number of fused-ring (bicyclic) bond motifs is 1. The number of ketones is 2. The molecule has 3 heterocycles. The zero-order valence-corrected chi connectivity index (χ0v) is 20.3. The highest BCUT2D eigenvalue weighted by molar-refractivity contribution is 6.14. The first-order valence-corrected chi connectivity index (χ1v) is 12.0. The molecule has 2 aromatic carbocycles. The molecular weight excluding hydrogens is 448 g/mol. The van der Waals surface area contributed by atoms with E-state index in [1.165, 1.54) is 0 Å². The number of aromatic nitrogens is 3. The standard InChI is InChI=1S/C30H26N4O2/c1-3-34-28(15-20(2)33-34)29(35)17-21-7-6-8-22(16-21)30(36)23-10-12-26-24(18-23)19-32-27(26)13-11-25-9-4-5-14-31-25/h4-16,18H,3,17,19H2,1-2H3/b13-11+. The second kappa shape index (κ2) is 10.0. The summed E-state index contributed by atoms with van der Waals surface area (Å²) < 4.78 is 1.72. The Morgan fingerprint density at radius 1 is 0.972 bits per heavy atom. The number of aryl methyl sites for hydroxylation is 2. The maximum absolute atomic E-state index is 13.3. The van der Waals surface area contributed by atoms with E-state index in [1.807, 2.05) is 86.7 Å². The topological polar surface area (TPSA) is 77.2 Å². The molecule has 0 atom stereocenters. The van der Waals surface area contributed by atoms with E-state index in [0.29, 0.717) is 29.9 Å². The van der Waals surface area contributed by atoms with Gasteiger partial charge in [0.25, 0.3) is 0 Å². The molecule has 178 valence electrons. The first kappa shape index (κ1) is 23.3. The van der Waals surface area contributed by atoms with E-state index in [-0.39, 0.29) is 18.0 Å². The summed E-state index contributed by atoms with van der Waals surface area (Å²) in [4.78, 5) is 35.1. The van der Waals surface area contributed by atoms with Crippen molar-refractivity contribution in [1.29, 1.82) is 0 Å². The van der Waals surface area contributed by atoms with Gasteiger partial charge in [0.2, 0.25) is 0 Å². The van der Waals surface area contributed by atoms with Gasteiger partial charge in [-0.25, -0.2) is 0 Å². The summed E-state index contributed by atoms with van der Waals surface area (Å²) in [5.74, 6) is -0.0814. The van der Waals surface area contributed by atoms with Crippen LogP contribution >= 0.6 is 0 Å². The maximum Gasteiger partial charge on any atom is 0.193 e. The minimum absolute atomic E-state index is 0.0111. The van der Waals surface area contributed by atoms with Gasteiger partial charge in [0.05, 0.1) is 23.6 Å². The van der Waals surface area contributed by atoms with Crippen molar-refractivity contribution >= 4 is 23.4 Å². The van der Waals surface area contributed by atoms with Gasteiger partial charge in [0.1, 0.15) is 5.69 Å². The van der Waals surface area contributed by atoms with E-state index in [0.717, 1.165) is 33.8 Å². The van der Waals surface area contributed by atoms with Crippen molar-refractivity contribution in [2.45, 2.75) is 33.4 Å². The summed E-state index contributed by atoms with van der Waals surface area (Å²) in [6.07, 6.45) is 5.88. The van der Waals surface area contributed by atoms with Crippen LogP contribution in [0.4, 0.5) is 0 Å². The van der Waals surface area contributed by atoms with Gasteiger partial charge in [0, 0.05) is 35.9 Å². The highest BCUT2D eigenvalue weighted by Gasteiger charge is 2.19. The number of pyridine rings is 1. The Balaban J connectivity index is 1.32. The van der Waals surface area contributed by atoms with Crippen LogP contribution in [0, 0.1) is 6.92 Å². The molecule has 0 saturated carbocycles. The Bertz CT molecular complexity index is 1510. The zero-order valence-electron chi connectivity index (χ0n) is 20.3. The third-order valence-electron chi connectivity index (χ3n) is 6.20. The van der Waals surface area contributed by atoms with Crippen molar-refractivity contribution in [2.24, 2.45) is 4.99 Å². The first-order chi connectivity index (χ1) is 17.5. The molecule has 36 heavy (non-hydrogen) atoms. The lowest BCUT2D eigenvalue weighted by atomic mass is 9.95. The molecule has 0 unspecified atom stereocenters. The fraction of sp³-hybridized carbons (Fsp3) is 0.167. The molecule has 1 aliphatic rings. The molecule has 0 radical (unpaired) electrons. The van der Waals surface area contributed by atoms with E-state index in [4.69, 9.17) is 0 Å². The van der Waals surface area contributed by atoms with Crippen molar-refractivity contribution in [1.82, 2.24) is 14.8 Å². The molecule has 6 heteroatoms. The Kier molecular flexibility index (Phi) is 6.50. The third kappa shape index (κ3) is 4.84. The number of aliphatic imine (C=N–C) groups is 1. The van der Waals surface area contributed by atoms with Gasteiger partial charge in [-0.3, -0.25) is 24.2 Å². The van der Waals surface area contributed by atoms with Crippen LogP contribution in [0.1, 0.15) is 61.4 Å². The van der Waals surface area contributed by atoms with Gasteiger partial charge in [0.15, 0.2) is 11.6 Å². The largest absolute Gasteiger partial charge is 0.292 e. The smallest absolute Gasteiger partial charge is 0.193 e. The van der Waals surface area contributed by atoms with E-state index in [1.54, 1.807) is 16.9 Å². The average Bonchev–Trinajstić information content (AvgIpc) is 3.50. The quantitative estimate of drug-likeness (QED) is 0.326. The number of nitrogens with zero attached hydrogens (tertiary/aromatic N) is 4. The summed E-state index contributed by atoms with van der Waals surface area (Å²) in [5, 5.41) is 4.36. The van der Waals surface area contributed by atoms with Crippen molar-refractivity contribution < 1.29 is 9.59 Å². The van der Waals surface area contributed by atoms with Crippen LogP contribution < -0.4 is 0 Å². The molecule has 0 N–H and O–H groups in total. The molecular formula is C30H26N4O2. The van der Waals surface area contributed by atoms with E-state index in [2.05, 4.69) is 15.1 Å². The summed E-state index contributed by atoms with van der Waals surface area (Å²) in [5.41, 5.74) is 7.20. The van der Waals surface area contributed by atoms with E-state index >= 15 is 0 Å². The monoisotopic (exact) mass is 474 g/mol. The van der Waals surface area contributed by atoms with Crippen LogP contribution in [0.25, 0.3) is 6.08 Å². The van der Waals surface area contributed by atoms with Crippen LogP contribution in [0.2, 0.25) is 0 Å². The minimum Gasteiger partial charge on any atom is -0.292 e. The number of hydrogen-bond donors (Lipinski definition) is 0. The SMILES string of the molecule is CCn1nc(C)cc1C(=O)Cc1cccc(C(=O)c2ccc3c(c2)CN=C3/C=C/c2ccccn2)c1. The van der Waals surface area contributed by atoms with Gasteiger partial charge in [-0.1, -0.05) is 36.4 Å². The number of rotatable bonds is 8. The number of hydrogen-bond acceptors (Lipinski definition) is 5. The van der Waals surface area contributed by atoms with Crippen LogP contribution in [0.15, 0.2) is 84.0 Å². The summed E-state index contributed by atoms with van der Waals surface area (Å²) in [7, 11) is 0. The second-order valence-corrected chi connectivity index (χ2v) is 8.78. The fourth-order valence-corrected chi connectivity index (χ4v) is 4.43. The van der Waals surface area contributed by atoms with Crippen LogP contribution in [-0.2, 0) is 19.5 Å². The Morgan fingerprint density at radius 2 is 1.83 bits per heavy atom. The van der Waals surface area contributed by atoms with Crippen molar-refractivity contribution in [3.05, 3.63) is 124 Å². The highest BCUT2D eigenvalue weighted by Crippen LogP contribution is 2.23. The molecule has 0 amide bonds. The molecule has 6 nitrogen and oxygen atoms in total. The van der Waals surface area contributed by atoms with E-state index in [9.17, 15) is 9.59 Å². The predicted octanol–water partition coefficient (Wildman–Crippen LogP) is 5.28. The lowest BCUT2D eigenvalue weighted by Crippen LogP contribution is -2.12. The molecule has 2 aromatic heterocycles. The molecule has 0 aliphatic carbocycles. The molecule has 0 spiro atoms. The van der Waals surface area contributed by atoms with Gasteiger partial charge < -0.3 is 0 Å². The number of allylic oxidation sites excluding steroid dienone is 1. The minimum atomic E-state index is -0.0704. The van der Waals surface area contributed by atoms with Gasteiger partial charge in [-0.2, -0.15) is 5.10 Å². The molecule has 0 saturated heterocycles. The highest BCUT2D eigenvalue weighted by atomic mass is 16.1. The van der Waals surface area contributed by atoms with Crippen LogP contribution in [0.5, 0.6) is 0 Å². The zero-order chi connectivity index (χ0) is 25.1. The molecule has 5 rings (SSSR count). The Labute approximate surface area is 210 Å². The summed E-state index contributed by atoms with van der Waals surface area (Å²) >= 11 is 0. The molecule has 1 aliphatic heterocycles. The fourth-order valence-electron chi connectivity index (χ4n) is 4.43. The molecule has 0 bridgehead atoms. The maximum atomic E-state index is 13.3. The first-order valence-electron chi connectivity index (χ1n) is 12.0. The van der Waals surface area contributed by atoms with Crippen LogP contribution in [-0.4, -0.2) is 32.0 Å². The lowest BCUT2D eigenvalue weighted by Gasteiger charge is -2.08.